The van der Waals surface area contributed by atoms with Crippen LogP contribution in [0.25, 0.3) is 0 Å². The molecule has 2 amide bonds. The molecule has 6 heteroatoms. The van der Waals surface area contributed by atoms with Gasteiger partial charge in [0.2, 0.25) is 0 Å². The number of halogens is 1. The summed E-state index contributed by atoms with van der Waals surface area (Å²) in [7, 11) is 0. The number of primary amides is 1. The molecule has 0 saturated heterocycles. The van der Waals surface area contributed by atoms with Crippen LogP contribution in [0.5, 0.6) is 0 Å². The summed E-state index contributed by atoms with van der Waals surface area (Å²) in [4.78, 5) is 18.3. The summed E-state index contributed by atoms with van der Waals surface area (Å²) in [6, 6.07) is 5.40. The fourth-order valence-electron chi connectivity index (χ4n) is 1.68. The Bertz CT molecular complexity index is 595. The zero-order chi connectivity index (χ0) is 14.7. The van der Waals surface area contributed by atoms with Crippen molar-refractivity contribution in [1.82, 2.24) is 4.98 Å². The number of nitrogens with zero attached hydrogens (tertiary/aromatic N) is 2. The molecule has 0 spiro atoms. The summed E-state index contributed by atoms with van der Waals surface area (Å²) in [5.41, 5.74) is 6.21. The van der Waals surface area contributed by atoms with Crippen molar-refractivity contribution in [1.29, 1.82) is 0 Å². The van der Waals surface area contributed by atoms with Crippen molar-refractivity contribution in [2.45, 2.75) is 26.3 Å². The van der Waals surface area contributed by atoms with E-state index in [2.05, 4.69) is 18.8 Å². The normalized spacial score (nSPS) is 10.8. The number of carbonyl (C=O) groups excluding carboxylic acids is 1. The van der Waals surface area contributed by atoms with E-state index in [1.807, 2.05) is 0 Å². The van der Waals surface area contributed by atoms with Crippen molar-refractivity contribution < 1.29 is 9.18 Å². The summed E-state index contributed by atoms with van der Waals surface area (Å²) in [6.45, 7) is 4.40. The van der Waals surface area contributed by atoms with Crippen LogP contribution in [0.2, 0.25) is 0 Å². The molecular formula is C14H16FN3OS. The van der Waals surface area contributed by atoms with Gasteiger partial charge in [0.25, 0.3) is 0 Å². The molecule has 0 fully saturated rings. The second-order valence-electron chi connectivity index (χ2n) is 4.75. The van der Waals surface area contributed by atoms with Crippen LogP contribution >= 0.6 is 11.3 Å². The first-order chi connectivity index (χ1) is 9.47. The van der Waals surface area contributed by atoms with Gasteiger partial charge in [-0.3, -0.25) is 4.90 Å². The number of rotatable bonds is 4. The predicted molar refractivity (Wildman–Crippen MR) is 78.4 cm³/mol. The molecule has 20 heavy (non-hydrogen) atoms. The Morgan fingerprint density at radius 3 is 2.55 bits per heavy atom. The molecule has 0 saturated carbocycles. The van der Waals surface area contributed by atoms with E-state index < -0.39 is 6.03 Å². The van der Waals surface area contributed by atoms with Gasteiger partial charge in [-0.25, -0.2) is 14.2 Å². The van der Waals surface area contributed by atoms with Crippen LogP contribution in [0.4, 0.5) is 14.3 Å². The molecule has 0 unspecified atom stereocenters. The molecule has 2 aromatic rings. The lowest BCUT2D eigenvalue weighted by molar-refractivity contribution is 0.253. The molecular weight excluding hydrogens is 277 g/mol. The second kappa shape index (κ2) is 6.00. The lowest BCUT2D eigenvalue weighted by Gasteiger charge is -2.17. The first-order valence-corrected chi connectivity index (χ1v) is 7.06. The van der Waals surface area contributed by atoms with Gasteiger partial charge >= 0.3 is 6.03 Å². The third-order valence-electron chi connectivity index (χ3n) is 2.83. The fraction of sp³-hybridized carbons (Fsp3) is 0.286. The largest absolute Gasteiger partial charge is 0.351 e. The van der Waals surface area contributed by atoms with Gasteiger partial charge in [-0.1, -0.05) is 26.0 Å². The number of hydrogen-bond acceptors (Lipinski definition) is 3. The van der Waals surface area contributed by atoms with E-state index in [4.69, 9.17) is 5.73 Å². The molecule has 2 N–H and O–H groups in total. The Hall–Kier alpha value is -1.95. The standard InChI is InChI=1S/C14H16FN3OS/c1-9(2)12-7-17-14(20-12)18(13(16)19)8-10-3-5-11(15)6-4-10/h3-7,9H,8H2,1-2H3,(H2,16,19). The van der Waals surface area contributed by atoms with E-state index in [0.717, 1.165) is 10.4 Å². The number of thiazole rings is 1. The summed E-state index contributed by atoms with van der Waals surface area (Å²) >= 11 is 1.44. The molecule has 0 aliphatic heterocycles. The average Bonchev–Trinajstić information content (AvgIpc) is 2.87. The van der Waals surface area contributed by atoms with Crippen LogP contribution in [0.1, 0.15) is 30.2 Å². The minimum atomic E-state index is -0.570. The van der Waals surface area contributed by atoms with Crippen LogP contribution in [-0.4, -0.2) is 11.0 Å². The third-order valence-corrected chi connectivity index (χ3v) is 4.15. The Labute approximate surface area is 121 Å². The number of nitrogens with two attached hydrogens (primary N) is 1. The summed E-state index contributed by atoms with van der Waals surface area (Å²) in [5.74, 6) is 0.0394. The smallest absolute Gasteiger partial charge is 0.321 e. The number of amides is 2. The number of hydrogen-bond donors (Lipinski definition) is 1. The van der Waals surface area contributed by atoms with Gasteiger partial charge in [0.05, 0.1) is 6.54 Å². The van der Waals surface area contributed by atoms with Gasteiger partial charge in [-0.15, -0.1) is 11.3 Å². The maximum atomic E-state index is 12.9. The Morgan fingerprint density at radius 1 is 1.40 bits per heavy atom. The summed E-state index contributed by atoms with van der Waals surface area (Å²) < 4.78 is 12.9. The molecule has 1 heterocycles. The Morgan fingerprint density at radius 2 is 2.05 bits per heavy atom. The van der Waals surface area contributed by atoms with Gasteiger partial charge < -0.3 is 5.73 Å². The van der Waals surface area contributed by atoms with E-state index in [0.29, 0.717) is 11.0 Å². The number of benzene rings is 1. The first kappa shape index (κ1) is 14.5. The average molecular weight is 293 g/mol. The van der Waals surface area contributed by atoms with E-state index in [-0.39, 0.29) is 12.4 Å². The van der Waals surface area contributed by atoms with Crippen molar-refractivity contribution in [3.05, 3.63) is 46.7 Å². The highest BCUT2D eigenvalue weighted by molar-refractivity contribution is 7.15. The maximum absolute atomic E-state index is 12.9. The van der Waals surface area contributed by atoms with E-state index in [1.165, 1.54) is 28.4 Å². The van der Waals surface area contributed by atoms with Crippen molar-refractivity contribution in [3.63, 3.8) is 0 Å². The van der Waals surface area contributed by atoms with Gasteiger partial charge in [0.1, 0.15) is 5.82 Å². The van der Waals surface area contributed by atoms with Gasteiger partial charge in [-0.2, -0.15) is 0 Å². The molecule has 0 aliphatic rings. The predicted octanol–water partition coefficient (Wildman–Crippen LogP) is 3.49. The minimum Gasteiger partial charge on any atom is -0.351 e. The summed E-state index contributed by atoms with van der Waals surface area (Å²) in [5, 5.41) is 0.561. The van der Waals surface area contributed by atoms with Crippen molar-refractivity contribution >= 4 is 22.5 Å². The molecule has 0 bridgehead atoms. The fourth-order valence-corrected chi connectivity index (χ4v) is 2.60. The highest BCUT2D eigenvalue weighted by atomic mass is 32.1. The van der Waals surface area contributed by atoms with Crippen molar-refractivity contribution in [2.24, 2.45) is 5.73 Å². The zero-order valence-corrected chi connectivity index (χ0v) is 12.2. The maximum Gasteiger partial charge on any atom is 0.321 e. The van der Waals surface area contributed by atoms with E-state index >= 15 is 0 Å². The lowest BCUT2D eigenvalue weighted by atomic mass is 10.2. The Balaban J connectivity index is 2.22. The van der Waals surface area contributed by atoms with Crippen LogP contribution < -0.4 is 10.6 Å². The van der Waals surface area contributed by atoms with Crippen LogP contribution in [0.15, 0.2) is 30.5 Å². The second-order valence-corrected chi connectivity index (χ2v) is 5.79. The lowest BCUT2D eigenvalue weighted by Crippen LogP contribution is -2.35. The van der Waals surface area contributed by atoms with Crippen LogP contribution in [0.3, 0.4) is 0 Å². The monoisotopic (exact) mass is 293 g/mol. The van der Waals surface area contributed by atoms with Crippen molar-refractivity contribution in [2.75, 3.05) is 4.90 Å². The number of carbonyl (C=O) groups is 1. The quantitative estimate of drug-likeness (QED) is 0.938. The SMILES string of the molecule is CC(C)c1cnc(N(Cc2ccc(F)cc2)C(N)=O)s1. The van der Waals surface area contributed by atoms with Gasteiger partial charge in [-0.05, 0) is 23.6 Å². The zero-order valence-electron chi connectivity index (χ0n) is 11.3. The highest BCUT2D eigenvalue weighted by Crippen LogP contribution is 2.28. The molecule has 106 valence electrons. The van der Waals surface area contributed by atoms with Gasteiger partial charge in [0.15, 0.2) is 5.13 Å². The van der Waals surface area contributed by atoms with Gasteiger partial charge in [0, 0.05) is 11.1 Å². The third kappa shape index (κ3) is 3.33. The summed E-state index contributed by atoms with van der Waals surface area (Å²) in [6.07, 6.45) is 1.76. The minimum absolute atomic E-state index is 0.278. The molecule has 0 aliphatic carbocycles. The molecule has 4 nitrogen and oxygen atoms in total. The molecule has 0 radical (unpaired) electrons. The van der Waals surface area contributed by atoms with E-state index in [1.54, 1.807) is 18.3 Å². The molecule has 2 rings (SSSR count). The first-order valence-electron chi connectivity index (χ1n) is 6.24. The highest BCUT2D eigenvalue weighted by Gasteiger charge is 2.17. The van der Waals surface area contributed by atoms with Crippen LogP contribution in [-0.2, 0) is 6.54 Å². The Kier molecular flexibility index (Phi) is 4.34. The van der Waals surface area contributed by atoms with Crippen molar-refractivity contribution in [3.8, 4) is 0 Å². The topological polar surface area (TPSA) is 59.2 Å². The number of urea groups is 1. The molecule has 1 aromatic carbocycles. The van der Waals surface area contributed by atoms with Crippen LogP contribution in [0, 0.1) is 5.82 Å². The number of anilines is 1. The molecule has 0 atom stereocenters. The molecule has 1 aromatic heterocycles. The number of aromatic nitrogens is 1. The van der Waals surface area contributed by atoms with E-state index in [9.17, 15) is 9.18 Å².